The Morgan fingerprint density at radius 2 is 1.76 bits per heavy atom. The van der Waals surface area contributed by atoms with Crippen LogP contribution in [0.2, 0.25) is 5.02 Å². The van der Waals surface area contributed by atoms with Gasteiger partial charge in [0.05, 0.1) is 45.4 Å². The van der Waals surface area contributed by atoms with Crippen LogP contribution in [0.3, 0.4) is 0 Å². The zero-order valence-electron chi connectivity index (χ0n) is 42.1. The first kappa shape index (κ1) is 55.0. The van der Waals surface area contributed by atoms with Gasteiger partial charge in [-0.2, -0.15) is 4.98 Å². The maximum Gasteiger partial charge on any atom is 0.246 e. The first-order valence-electron chi connectivity index (χ1n) is 24.1. The number of ether oxygens (including phenoxy) is 1. The molecule has 5 amide bonds. The van der Waals surface area contributed by atoms with Gasteiger partial charge in [0, 0.05) is 76.7 Å². The van der Waals surface area contributed by atoms with Gasteiger partial charge in [-0.15, -0.1) is 11.3 Å². The number of benzene rings is 3. The fourth-order valence-electron chi connectivity index (χ4n) is 8.94. The number of phenolic OH excluding ortho intramolecular Hbond substituents is 1. The van der Waals surface area contributed by atoms with E-state index in [-0.39, 0.29) is 78.6 Å². The molecule has 74 heavy (non-hydrogen) atoms. The van der Waals surface area contributed by atoms with Gasteiger partial charge in [-0.05, 0) is 54.7 Å². The van der Waals surface area contributed by atoms with Crippen molar-refractivity contribution in [3.8, 4) is 27.3 Å². The summed E-state index contributed by atoms with van der Waals surface area (Å²) in [4.78, 5) is 87.3. The minimum absolute atomic E-state index is 0.00901. The molecule has 2 aliphatic heterocycles. The van der Waals surface area contributed by atoms with Crippen LogP contribution in [-0.4, -0.2) is 154 Å². The number of amides is 5. The van der Waals surface area contributed by atoms with Gasteiger partial charge in [0.1, 0.15) is 41.6 Å². The van der Waals surface area contributed by atoms with E-state index in [4.69, 9.17) is 16.3 Å². The van der Waals surface area contributed by atoms with E-state index in [0.29, 0.717) is 26.2 Å². The summed E-state index contributed by atoms with van der Waals surface area (Å²) in [5.41, 5.74) is 2.75. The fourth-order valence-corrected chi connectivity index (χ4v) is 10.0. The third-order valence-electron chi connectivity index (χ3n) is 13.1. The van der Waals surface area contributed by atoms with Gasteiger partial charge in [0.15, 0.2) is 5.82 Å². The molecule has 5 aromatic rings. The number of aromatic nitrogens is 3. The van der Waals surface area contributed by atoms with E-state index < -0.39 is 82.5 Å². The van der Waals surface area contributed by atoms with E-state index in [0.717, 1.165) is 27.8 Å². The van der Waals surface area contributed by atoms with E-state index >= 15 is 8.78 Å². The molecule has 394 valence electrons. The number of β-amino-alcohol motifs (C(OH)–C–C–N with tert-alkyl or cyclic N) is 1. The lowest BCUT2D eigenvalue weighted by molar-refractivity contribution is -0.144. The Hall–Kier alpha value is -6.81. The maximum absolute atomic E-state index is 16.6. The number of piperazine rings is 1. The summed E-state index contributed by atoms with van der Waals surface area (Å²) >= 11 is 8.13. The van der Waals surface area contributed by atoms with Crippen molar-refractivity contribution in [2.24, 2.45) is 5.41 Å². The van der Waals surface area contributed by atoms with Crippen LogP contribution in [0.1, 0.15) is 57.8 Å². The standard InChI is InChI=1S/C52H61ClF2N10O8S/c1-8-40(69)63-18-20-64(21-19-63)48-34-25-35(53)42(43-36(54)10-9-11-38(43)67)44(55)45(34)60-51(61-48)56-17-16-41(70)62(7)22-23-73-27-39(68)59-47(52(4,5)6)50(72)65-26-33(66)24-37(65)49(71)58-29(2)31-12-14-32(15-13-31)46-30(3)57-28-74-46/h8-15,25,28-29,33,37,47,66-67H,1,16-24,26-27H2,2-7H3,(H,58,71)(H,59,68)(H,56,60,61)/t29-,33+,37-,47+/m0/s1. The van der Waals surface area contributed by atoms with Crippen LogP contribution in [0.5, 0.6) is 5.75 Å². The molecule has 0 unspecified atom stereocenters. The van der Waals surface area contributed by atoms with E-state index in [1.54, 1.807) is 49.6 Å². The quantitative estimate of drug-likeness (QED) is 0.0514. The number of carbonyl (C=O) groups excluding carboxylic acids is 5. The Kier molecular flexibility index (Phi) is 17.5. The number of fused-ring (bicyclic) bond motifs is 1. The molecule has 2 aromatic heterocycles. The first-order chi connectivity index (χ1) is 35.2. The summed E-state index contributed by atoms with van der Waals surface area (Å²) in [7, 11) is 1.55. The molecule has 4 heterocycles. The molecule has 2 saturated heterocycles. The predicted molar refractivity (Wildman–Crippen MR) is 278 cm³/mol. The van der Waals surface area contributed by atoms with Crippen molar-refractivity contribution in [1.29, 1.82) is 0 Å². The Balaban J connectivity index is 0.924. The molecular formula is C52H61ClF2N10O8S. The number of aliphatic hydroxyl groups is 1. The van der Waals surface area contributed by atoms with Crippen LogP contribution in [-0.2, 0) is 28.7 Å². The fraction of sp³-hybridized carbons (Fsp3) is 0.423. The molecule has 7 rings (SSSR count). The third kappa shape index (κ3) is 12.6. The molecule has 0 spiro atoms. The number of likely N-dealkylation sites (N-methyl/N-ethyl adjacent to an activating group) is 1. The monoisotopic (exact) mass is 1060 g/mol. The van der Waals surface area contributed by atoms with Crippen molar-refractivity contribution in [1.82, 2.24) is 40.3 Å². The summed E-state index contributed by atoms with van der Waals surface area (Å²) in [6, 6.07) is 10.3. The number of nitrogens with one attached hydrogen (secondary N) is 3. The summed E-state index contributed by atoms with van der Waals surface area (Å²) in [5, 5.41) is 30.0. The summed E-state index contributed by atoms with van der Waals surface area (Å²) in [6.07, 6.45) is 0.249. The second kappa shape index (κ2) is 23.6. The SMILES string of the molecule is C=CC(=O)N1CCN(c2nc(NCCC(=O)N(C)CCOCC(=O)N[C@H](C(=O)N3C[C@H](O)C[C@H]3C(=O)N[C@@H](C)c3ccc(-c4scnc4C)cc3)C(C)(C)C)nc3c(F)c(-c4c(O)cccc4F)c(Cl)cc23)CC1. The zero-order valence-corrected chi connectivity index (χ0v) is 43.7. The summed E-state index contributed by atoms with van der Waals surface area (Å²) < 4.78 is 37.2. The number of likely N-dealkylation sites (tertiary alicyclic amines) is 1. The number of carbonyl (C=O) groups is 5. The highest BCUT2D eigenvalue weighted by Gasteiger charge is 2.45. The highest BCUT2D eigenvalue weighted by molar-refractivity contribution is 7.13. The Morgan fingerprint density at radius 3 is 2.41 bits per heavy atom. The van der Waals surface area contributed by atoms with Crippen molar-refractivity contribution < 1.29 is 47.7 Å². The predicted octanol–water partition coefficient (Wildman–Crippen LogP) is 5.85. The molecule has 0 bridgehead atoms. The van der Waals surface area contributed by atoms with Gasteiger partial charge < -0.3 is 50.5 Å². The average molecular weight is 1060 g/mol. The third-order valence-corrected chi connectivity index (χ3v) is 14.4. The number of aliphatic hydroxyl groups excluding tert-OH is 1. The largest absolute Gasteiger partial charge is 0.507 e. The number of aryl methyl sites for hydroxylation is 1. The minimum atomic E-state index is -1.08. The van der Waals surface area contributed by atoms with E-state index in [2.05, 4.69) is 37.5 Å². The number of hydrogen-bond donors (Lipinski definition) is 5. The van der Waals surface area contributed by atoms with E-state index in [9.17, 15) is 34.2 Å². The molecule has 0 radical (unpaired) electrons. The van der Waals surface area contributed by atoms with Gasteiger partial charge in [-0.1, -0.05) is 69.3 Å². The van der Waals surface area contributed by atoms with Crippen LogP contribution < -0.4 is 20.9 Å². The van der Waals surface area contributed by atoms with Crippen LogP contribution in [0.15, 0.2) is 66.7 Å². The van der Waals surface area contributed by atoms with Crippen LogP contribution in [0, 0.1) is 24.0 Å². The molecular weight excluding hydrogens is 998 g/mol. The zero-order chi connectivity index (χ0) is 53.6. The number of thiazole rings is 1. The Labute approximate surface area is 436 Å². The second-order valence-electron chi connectivity index (χ2n) is 19.4. The molecule has 3 aromatic carbocycles. The number of aromatic hydroxyl groups is 1. The van der Waals surface area contributed by atoms with E-state index in [1.165, 1.54) is 34.1 Å². The van der Waals surface area contributed by atoms with Crippen LogP contribution in [0.25, 0.3) is 32.5 Å². The molecule has 2 aliphatic rings. The van der Waals surface area contributed by atoms with Crippen LogP contribution in [0.4, 0.5) is 20.5 Å². The number of halogens is 3. The number of nitrogens with zero attached hydrogens (tertiary/aromatic N) is 7. The summed E-state index contributed by atoms with van der Waals surface area (Å²) in [6.45, 7) is 13.5. The molecule has 2 fully saturated rings. The van der Waals surface area contributed by atoms with Crippen molar-refractivity contribution in [2.75, 3.05) is 76.3 Å². The lowest BCUT2D eigenvalue weighted by Crippen LogP contribution is -2.58. The Morgan fingerprint density at radius 1 is 1.04 bits per heavy atom. The smallest absolute Gasteiger partial charge is 0.246 e. The molecule has 0 aliphatic carbocycles. The van der Waals surface area contributed by atoms with Crippen molar-refractivity contribution in [3.63, 3.8) is 0 Å². The number of hydrogen-bond acceptors (Lipinski definition) is 14. The minimum Gasteiger partial charge on any atom is -0.507 e. The normalized spacial score (nSPS) is 16.7. The first-order valence-corrected chi connectivity index (χ1v) is 25.4. The van der Waals surface area contributed by atoms with Gasteiger partial charge >= 0.3 is 0 Å². The number of anilines is 2. The molecule has 5 N–H and O–H groups in total. The van der Waals surface area contributed by atoms with Gasteiger partial charge in [0.25, 0.3) is 0 Å². The highest BCUT2D eigenvalue weighted by atomic mass is 35.5. The van der Waals surface area contributed by atoms with Crippen molar-refractivity contribution in [3.05, 3.63) is 94.6 Å². The summed E-state index contributed by atoms with van der Waals surface area (Å²) in [5.74, 6) is -4.29. The molecule has 0 saturated carbocycles. The second-order valence-corrected chi connectivity index (χ2v) is 20.7. The average Bonchev–Trinajstić information content (AvgIpc) is 3.99. The van der Waals surface area contributed by atoms with E-state index in [1.807, 2.05) is 43.0 Å². The maximum atomic E-state index is 16.6. The van der Waals surface area contributed by atoms with Crippen molar-refractivity contribution in [2.45, 2.75) is 71.7 Å². The number of phenols is 1. The molecule has 4 atom stereocenters. The lowest BCUT2D eigenvalue weighted by Gasteiger charge is -2.35. The Bertz CT molecular complexity index is 2890. The van der Waals surface area contributed by atoms with Gasteiger partial charge in [-0.3, -0.25) is 24.0 Å². The molecule has 18 nitrogen and oxygen atoms in total. The lowest BCUT2D eigenvalue weighted by atomic mass is 9.85. The van der Waals surface area contributed by atoms with Crippen LogP contribution >= 0.6 is 22.9 Å². The van der Waals surface area contributed by atoms with Gasteiger partial charge in [0.2, 0.25) is 35.5 Å². The van der Waals surface area contributed by atoms with Crippen molar-refractivity contribution >= 4 is 75.1 Å². The van der Waals surface area contributed by atoms with Gasteiger partial charge in [-0.25, -0.2) is 18.7 Å². The molecule has 22 heteroatoms. The highest BCUT2D eigenvalue weighted by Crippen LogP contribution is 2.43. The topological polar surface area (TPSA) is 223 Å². The number of rotatable bonds is 18.